The maximum Gasteiger partial charge on any atom is 0.206 e. The molecule has 7 nitrogen and oxygen atoms in total. The number of aromatic nitrogens is 3. The van der Waals surface area contributed by atoms with Crippen LogP contribution in [0, 0.1) is 6.92 Å². The number of para-hydroxylation sites is 2. The number of piperidine rings is 1. The molecule has 4 rings (SSSR count). The Kier molecular flexibility index (Phi) is 6.63. The molecule has 1 fully saturated rings. The van der Waals surface area contributed by atoms with Crippen molar-refractivity contribution in [2.45, 2.75) is 45.9 Å². The molecule has 3 heterocycles. The zero-order chi connectivity index (χ0) is 21.8. The maximum absolute atomic E-state index is 11.4. The molecule has 7 heteroatoms. The molecular weight excluding hydrogens is 390 g/mol. The van der Waals surface area contributed by atoms with Gasteiger partial charge in [0.15, 0.2) is 6.23 Å². The van der Waals surface area contributed by atoms with Gasteiger partial charge in [-0.05, 0) is 57.9 Å². The van der Waals surface area contributed by atoms with Crippen LogP contribution in [0.4, 0.5) is 5.95 Å². The Hall–Kier alpha value is -2.77. The van der Waals surface area contributed by atoms with Gasteiger partial charge < -0.3 is 10.1 Å². The summed E-state index contributed by atoms with van der Waals surface area (Å²) in [6.07, 6.45) is 1.58. The predicted octanol–water partition coefficient (Wildman–Crippen LogP) is 3.79. The van der Waals surface area contributed by atoms with E-state index in [1.165, 1.54) is 0 Å². The molecule has 1 saturated heterocycles. The van der Waals surface area contributed by atoms with Gasteiger partial charge in [-0.2, -0.15) is 0 Å². The highest BCUT2D eigenvalue weighted by Crippen LogP contribution is 2.30. The van der Waals surface area contributed by atoms with E-state index in [-0.39, 0.29) is 12.0 Å². The number of anilines is 1. The fourth-order valence-corrected chi connectivity index (χ4v) is 4.27. The van der Waals surface area contributed by atoms with E-state index in [1.54, 1.807) is 6.92 Å². The fraction of sp³-hybridized carbons (Fsp3) is 0.458. The fourth-order valence-electron chi connectivity index (χ4n) is 4.27. The molecule has 1 atom stereocenters. The number of carbonyl (C=O) groups excluding carboxylic acids is 1. The number of pyridine rings is 1. The number of ether oxygens (including phenoxy) is 1. The van der Waals surface area contributed by atoms with Gasteiger partial charge in [-0.15, -0.1) is 0 Å². The largest absolute Gasteiger partial charge is 0.353 e. The number of hydrogen-bond donors (Lipinski definition) is 1. The predicted molar refractivity (Wildman–Crippen MR) is 122 cm³/mol. The van der Waals surface area contributed by atoms with Gasteiger partial charge in [-0.25, -0.2) is 4.98 Å². The van der Waals surface area contributed by atoms with E-state index in [4.69, 9.17) is 14.7 Å². The van der Waals surface area contributed by atoms with Gasteiger partial charge in [0.25, 0.3) is 0 Å². The van der Waals surface area contributed by atoms with Crippen molar-refractivity contribution in [2.24, 2.45) is 0 Å². The van der Waals surface area contributed by atoms with E-state index in [2.05, 4.69) is 20.9 Å². The lowest BCUT2D eigenvalue weighted by molar-refractivity contribution is -0.118. The summed E-state index contributed by atoms with van der Waals surface area (Å²) in [7, 11) is 0. The standard InChI is InChI=1S/C24H31N5O2/c1-4-31-23(21-10-7-8-17(2)25-21)29-22-11-6-5-9-20(22)27-24(29)26-19-12-14-28(15-13-19)16-18(3)30/h5-11,19,23H,4,12-16H2,1-3H3,(H,26,27). The zero-order valence-electron chi connectivity index (χ0n) is 18.5. The number of likely N-dealkylation sites (tertiary alicyclic amines) is 1. The van der Waals surface area contributed by atoms with Gasteiger partial charge in [-0.1, -0.05) is 18.2 Å². The summed E-state index contributed by atoms with van der Waals surface area (Å²) in [5, 5.41) is 3.67. The molecule has 0 aliphatic carbocycles. The third kappa shape index (κ3) is 4.94. The van der Waals surface area contributed by atoms with E-state index in [9.17, 15) is 4.79 Å². The molecule has 164 valence electrons. The highest BCUT2D eigenvalue weighted by Gasteiger charge is 2.26. The van der Waals surface area contributed by atoms with Crippen LogP contribution < -0.4 is 5.32 Å². The lowest BCUT2D eigenvalue weighted by atomic mass is 10.1. The van der Waals surface area contributed by atoms with Crippen LogP contribution in [0.15, 0.2) is 42.5 Å². The number of aryl methyl sites for hydroxylation is 1. The molecule has 31 heavy (non-hydrogen) atoms. The lowest BCUT2D eigenvalue weighted by Gasteiger charge is -2.32. The maximum atomic E-state index is 11.4. The quantitative estimate of drug-likeness (QED) is 0.597. The first kappa shape index (κ1) is 21.5. The third-order valence-electron chi connectivity index (χ3n) is 5.68. The summed E-state index contributed by atoms with van der Waals surface area (Å²) in [6.45, 7) is 8.57. The van der Waals surface area contributed by atoms with Crippen LogP contribution in [-0.4, -0.2) is 57.5 Å². The second-order valence-corrected chi connectivity index (χ2v) is 8.20. The van der Waals surface area contributed by atoms with Crippen LogP contribution in [0.2, 0.25) is 0 Å². The Balaban J connectivity index is 1.65. The highest BCUT2D eigenvalue weighted by molar-refractivity contribution is 5.79. The molecule has 1 aromatic carbocycles. The highest BCUT2D eigenvalue weighted by atomic mass is 16.5. The molecule has 1 aliphatic rings. The van der Waals surface area contributed by atoms with Crippen molar-refractivity contribution in [1.29, 1.82) is 0 Å². The number of nitrogens with one attached hydrogen (secondary N) is 1. The first-order valence-corrected chi connectivity index (χ1v) is 11.1. The van der Waals surface area contributed by atoms with E-state index in [0.717, 1.165) is 54.3 Å². The summed E-state index contributed by atoms with van der Waals surface area (Å²) in [5.41, 5.74) is 3.76. The van der Waals surface area contributed by atoms with Crippen LogP contribution in [0.3, 0.4) is 0 Å². The van der Waals surface area contributed by atoms with Gasteiger partial charge in [0, 0.05) is 31.4 Å². The Morgan fingerprint density at radius 2 is 1.94 bits per heavy atom. The minimum absolute atomic E-state index is 0.221. The molecule has 1 unspecified atom stereocenters. The first-order valence-electron chi connectivity index (χ1n) is 11.1. The monoisotopic (exact) mass is 421 g/mol. The van der Waals surface area contributed by atoms with E-state index in [1.807, 2.05) is 50.2 Å². The smallest absolute Gasteiger partial charge is 0.206 e. The normalized spacial score (nSPS) is 16.5. The number of fused-ring (bicyclic) bond motifs is 1. The van der Waals surface area contributed by atoms with Crippen molar-refractivity contribution >= 4 is 22.8 Å². The number of nitrogens with zero attached hydrogens (tertiary/aromatic N) is 4. The second-order valence-electron chi connectivity index (χ2n) is 8.20. The summed E-state index contributed by atoms with van der Waals surface area (Å²) in [6, 6.07) is 14.4. The minimum atomic E-state index is -0.363. The Morgan fingerprint density at radius 3 is 2.65 bits per heavy atom. The molecule has 1 aliphatic heterocycles. The Morgan fingerprint density at radius 1 is 1.16 bits per heavy atom. The van der Waals surface area contributed by atoms with Crippen LogP contribution in [0.5, 0.6) is 0 Å². The summed E-state index contributed by atoms with van der Waals surface area (Å²) < 4.78 is 8.33. The van der Waals surface area contributed by atoms with Crippen LogP contribution in [-0.2, 0) is 9.53 Å². The van der Waals surface area contributed by atoms with Crippen molar-refractivity contribution in [3.05, 3.63) is 53.9 Å². The minimum Gasteiger partial charge on any atom is -0.353 e. The molecule has 3 aromatic rings. The van der Waals surface area contributed by atoms with E-state index < -0.39 is 0 Å². The van der Waals surface area contributed by atoms with Gasteiger partial charge in [0.05, 0.1) is 23.3 Å². The van der Waals surface area contributed by atoms with E-state index >= 15 is 0 Å². The molecule has 0 bridgehead atoms. The summed E-state index contributed by atoms with van der Waals surface area (Å²) >= 11 is 0. The Labute approximate surface area is 183 Å². The average molecular weight is 422 g/mol. The van der Waals surface area contributed by atoms with Gasteiger partial charge in [-0.3, -0.25) is 19.2 Å². The topological polar surface area (TPSA) is 72.3 Å². The molecule has 0 spiro atoms. The molecular formula is C24H31N5O2. The number of benzene rings is 1. The molecule has 0 saturated carbocycles. The number of ketones is 1. The van der Waals surface area contributed by atoms with Gasteiger partial charge >= 0.3 is 0 Å². The second kappa shape index (κ2) is 9.58. The number of hydrogen-bond acceptors (Lipinski definition) is 6. The van der Waals surface area contributed by atoms with Crippen molar-refractivity contribution in [3.8, 4) is 0 Å². The van der Waals surface area contributed by atoms with E-state index in [0.29, 0.717) is 19.2 Å². The number of imidazole rings is 1. The van der Waals surface area contributed by atoms with Crippen molar-refractivity contribution in [2.75, 3.05) is 31.6 Å². The zero-order valence-corrected chi connectivity index (χ0v) is 18.5. The average Bonchev–Trinajstić information content (AvgIpc) is 3.10. The van der Waals surface area contributed by atoms with Crippen LogP contribution in [0.25, 0.3) is 11.0 Å². The SMILES string of the molecule is CCOC(c1cccc(C)n1)n1c(NC2CCN(CC(C)=O)CC2)nc2ccccc21. The number of rotatable bonds is 8. The van der Waals surface area contributed by atoms with Crippen LogP contribution in [0.1, 0.15) is 44.3 Å². The lowest BCUT2D eigenvalue weighted by Crippen LogP contribution is -2.41. The molecule has 1 N–H and O–H groups in total. The van der Waals surface area contributed by atoms with Crippen molar-refractivity contribution in [1.82, 2.24) is 19.4 Å². The first-order chi connectivity index (χ1) is 15.0. The van der Waals surface area contributed by atoms with Crippen LogP contribution >= 0.6 is 0 Å². The molecule has 0 amide bonds. The summed E-state index contributed by atoms with van der Waals surface area (Å²) in [4.78, 5) is 23.3. The Bertz CT molecular complexity index is 1040. The van der Waals surface area contributed by atoms with Gasteiger partial charge in [0.1, 0.15) is 5.78 Å². The molecule has 0 radical (unpaired) electrons. The molecule has 2 aromatic heterocycles. The third-order valence-corrected chi connectivity index (χ3v) is 5.68. The summed E-state index contributed by atoms with van der Waals surface area (Å²) in [5.74, 6) is 1.02. The van der Waals surface area contributed by atoms with Crippen molar-refractivity contribution in [3.63, 3.8) is 0 Å². The van der Waals surface area contributed by atoms with Gasteiger partial charge in [0.2, 0.25) is 5.95 Å². The number of carbonyl (C=O) groups is 1. The number of Topliss-reactive ketones (excluding diaryl/α,β-unsaturated/α-hetero) is 1. The van der Waals surface area contributed by atoms with Crippen molar-refractivity contribution < 1.29 is 9.53 Å².